The van der Waals surface area contributed by atoms with Gasteiger partial charge in [-0.25, -0.2) is 0 Å². The van der Waals surface area contributed by atoms with E-state index in [0.717, 1.165) is 24.0 Å². The third kappa shape index (κ3) is 3.79. The Bertz CT molecular complexity index is 901. The van der Waals surface area contributed by atoms with Crippen molar-refractivity contribution >= 4 is 5.91 Å². The Morgan fingerprint density at radius 1 is 1.15 bits per heavy atom. The number of hydrogen-bond acceptors (Lipinski definition) is 4. The molecule has 6 nitrogen and oxygen atoms in total. The van der Waals surface area contributed by atoms with Crippen LogP contribution in [0, 0.1) is 6.92 Å². The average molecular weight is 347 g/mol. The van der Waals surface area contributed by atoms with Gasteiger partial charge in [0.05, 0.1) is 0 Å². The number of aromatic nitrogens is 4. The van der Waals surface area contributed by atoms with Crippen LogP contribution in [-0.4, -0.2) is 37.1 Å². The molecule has 1 fully saturated rings. The van der Waals surface area contributed by atoms with Crippen LogP contribution in [0.5, 0.6) is 0 Å². The number of carbonyl (C=O) groups is 1. The van der Waals surface area contributed by atoms with E-state index in [-0.39, 0.29) is 12.5 Å². The van der Waals surface area contributed by atoms with Gasteiger partial charge < -0.3 is 4.90 Å². The van der Waals surface area contributed by atoms with Gasteiger partial charge in [0.25, 0.3) is 0 Å². The van der Waals surface area contributed by atoms with Gasteiger partial charge in [0.1, 0.15) is 6.54 Å². The molecule has 2 aromatic carbocycles. The SMILES string of the molecule is Cc1cccc(CN(C(=O)Cn2nnc(-c3ccccc3)n2)C2CC2)c1. The molecule has 0 N–H and O–H groups in total. The number of benzene rings is 2. The summed E-state index contributed by atoms with van der Waals surface area (Å²) in [7, 11) is 0. The highest BCUT2D eigenvalue weighted by atomic mass is 16.2. The van der Waals surface area contributed by atoms with E-state index in [1.165, 1.54) is 10.4 Å². The van der Waals surface area contributed by atoms with Crippen molar-refractivity contribution in [2.45, 2.75) is 38.9 Å². The maximum atomic E-state index is 12.8. The minimum absolute atomic E-state index is 0.0333. The summed E-state index contributed by atoms with van der Waals surface area (Å²) < 4.78 is 0. The number of rotatable bonds is 6. The molecule has 0 aliphatic heterocycles. The summed E-state index contributed by atoms with van der Waals surface area (Å²) in [5, 5.41) is 12.5. The standard InChI is InChI=1S/C20H21N5O/c1-15-6-5-7-16(12-15)13-24(18-10-11-18)19(26)14-25-22-20(21-23-25)17-8-3-2-4-9-17/h2-9,12,18H,10-11,13-14H2,1H3. The molecule has 3 aromatic rings. The lowest BCUT2D eigenvalue weighted by molar-refractivity contribution is -0.133. The van der Waals surface area contributed by atoms with Crippen LogP contribution in [0.1, 0.15) is 24.0 Å². The van der Waals surface area contributed by atoms with Crippen LogP contribution in [0.3, 0.4) is 0 Å². The molecular formula is C20H21N5O. The number of carbonyl (C=O) groups excluding carboxylic acids is 1. The molecule has 0 bridgehead atoms. The van der Waals surface area contributed by atoms with Crippen molar-refractivity contribution in [3.05, 3.63) is 65.7 Å². The lowest BCUT2D eigenvalue weighted by Gasteiger charge is -2.22. The van der Waals surface area contributed by atoms with Crippen LogP contribution in [-0.2, 0) is 17.9 Å². The van der Waals surface area contributed by atoms with Crippen molar-refractivity contribution in [1.29, 1.82) is 0 Å². The molecule has 1 aliphatic carbocycles. The zero-order valence-electron chi connectivity index (χ0n) is 14.7. The summed E-state index contributed by atoms with van der Waals surface area (Å²) in [6.07, 6.45) is 2.13. The van der Waals surface area contributed by atoms with E-state index in [2.05, 4.69) is 40.5 Å². The summed E-state index contributed by atoms with van der Waals surface area (Å²) in [6.45, 7) is 2.81. The highest BCUT2D eigenvalue weighted by Crippen LogP contribution is 2.28. The lowest BCUT2D eigenvalue weighted by atomic mass is 10.1. The minimum Gasteiger partial charge on any atom is -0.334 e. The second kappa shape index (κ2) is 7.07. The van der Waals surface area contributed by atoms with Gasteiger partial charge in [-0.1, -0.05) is 60.2 Å². The highest BCUT2D eigenvalue weighted by Gasteiger charge is 2.32. The molecule has 4 rings (SSSR count). The highest BCUT2D eigenvalue weighted by molar-refractivity contribution is 5.76. The molecule has 1 aromatic heterocycles. The van der Waals surface area contributed by atoms with Crippen molar-refractivity contribution in [2.75, 3.05) is 0 Å². The molecule has 0 unspecified atom stereocenters. The van der Waals surface area contributed by atoms with Gasteiger partial charge >= 0.3 is 0 Å². The molecule has 6 heteroatoms. The fourth-order valence-electron chi connectivity index (χ4n) is 3.04. The number of aryl methyl sites for hydroxylation is 1. The van der Waals surface area contributed by atoms with Crippen LogP contribution >= 0.6 is 0 Å². The van der Waals surface area contributed by atoms with Crippen molar-refractivity contribution < 1.29 is 4.79 Å². The first kappa shape index (κ1) is 16.4. The Morgan fingerprint density at radius 3 is 2.69 bits per heavy atom. The molecular weight excluding hydrogens is 326 g/mol. The Morgan fingerprint density at radius 2 is 1.96 bits per heavy atom. The van der Waals surface area contributed by atoms with Crippen LogP contribution < -0.4 is 0 Å². The van der Waals surface area contributed by atoms with E-state index in [0.29, 0.717) is 18.4 Å². The normalized spacial score (nSPS) is 13.6. The van der Waals surface area contributed by atoms with Gasteiger partial charge in [0.2, 0.25) is 11.7 Å². The van der Waals surface area contributed by atoms with Crippen molar-refractivity contribution in [1.82, 2.24) is 25.1 Å². The maximum Gasteiger partial charge on any atom is 0.246 e. The summed E-state index contributed by atoms with van der Waals surface area (Å²) in [5.74, 6) is 0.570. The van der Waals surface area contributed by atoms with Crippen molar-refractivity contribution in [2.24, 2.45) is 0 Å². The molecule has 1 aliphatic rings. The summed E-state index contributed by atoms with van der Waals surface area (Å²) in [5.41, 5.74) is 3.25. The number of nitrogens with zero attached hydrogens (tertiary/aromatic N) is 5. The molecule has 1 amide bonds. The van der Waals surface area contributed by atoms with Gasteiger partial charge in [-0.15, -0.1) is 10.2 Å². The van der Waals surface area contributed by atoms with Gasteiger partial charge in [-0.3, -0.25) is 4.79 Å². The quantitative estimate of drug-likeness (QED) is 0.688. The topological polar surface area (TPSA) is 63.9 Å². The van der Waals surface area contributed by atoms with E-state index in [1.807, 2.05) is 41.3 Å². The molecule has 132 valence electrons. The van der Waals surface area contributed by atoms with Gasteiger partial charge in [0, 0.05) is 18.2 Å². The van der Waals surface area contributed by atoms with Crippen LogP contribution in [0.2, 0.25) is 0 Å². The zero-order valence-corrected chi connectivity index (χ0v) is 14.7. The maximum absolute atomic E-state index is 12.8. The Balaban J connectivity index is 1.46. The molecule has 0 radical (unpaired) electrons. The van der Waals surface area contributed by atoms with Gasteiger partial charge in [0.15, 0.2) is 0 Å². The first-order valence-electron chi connectivity index (χ1n) is 8.87. The summed E-state index contributed by atoms with van der Waals surface area (Å²) in [4.78, 5) is 16.2. The first-order chi connectivity index (χ1) is 12.7. The van der Waals surface area contributed by atoms with Crippen LogP contribution in [0.4, 0.5) is 0 Å². The van der Waals surface area contributed by atoms with Crippen LogP contribution in [0.25, 0.3) is 11.4 Å². The fraction of sp³-hybridized carbons (Fsp3) is 0.300. The average Bonchev–Trinajstić information content (AvgIpc) is 3.39. The molecule has 26 heavy (non-hydrogen) atoms. The number of amides is 1. The van der Waals surface area contributed by atoms with E-state index >= 15 is 0 Å². The Hall–Kier alpha value is -3.02. The summed E-state index contributed by atoms with van der Waals surface area (Å²) >= 11 is 0. The number of hydrogen-bond donors (Lipinski definition) is 0. The monoisotopic (exact) mass is 347 g/mol. The predicted molar refractivity (Wildman–Crippen MR) is 98.0 cm³/mol. The second-order valence-corrected chi connectivity index (χ2v) is 6.75. The largest absolute Gasteiger partial charge is 0.334 e. The third-order valence-corrected chi connectivity index (χ3v) is 4.50. The van der Waals surface area contributed by atoms with Crippen LogP contribution in [0.15, 0.2) is 54.6 Å². The van der Waals surface area contributed by atoms with Gasteiger partial charge in [-0.05, 0) is 30.5 Å². The minimum atomic E-state index is 0.0333. The molecule has 1 heterocycles. The number of tetrazole rings is 1. The van der Waals surface area contributed by atoms with E-state index in [4.69, 9.17) is 0 Å². The smallest absolute Gasteiger partial charge is 0.246 e. The molecule has 0 atom stereocenters. The zero-order chi connectivity index (χ0) is 17.9. The van der Waals surface area contributed by atoms with E-state index in [9.17, 15) is 4.79 Å². The Labute approximate surface area is 152 Å². The van der Waals surface area contributed by atoms with E-state index in [1.54, 1.807) is 0 Å². The second-order valence-electron chi connectivity index (χ2n) is 6.75. The van der Waals surface area contributed by atoms with Gasteiger partial charge in [-0.2, -0.15) is 4.80 Å². The third-order valence-electron chi connectivity index (χ3n) is 4.50. The van der Waals surface area contributed by atoms with Crippen molar-refractivity contribution in [3.8, 4) is 11.4 Å². The predicted octanol–water partition coefficient (Wildman–Crippen LogP) is 2.84. The fourth-order valence-corrected chi connectivity index (χ4v) is 3.04. The molecule has 1 saturated carbocycles. The van der Waals surface area contributed by atoms with E-state index < -0.39 is 0 Å². The first-order valence-corrected chi connectivity index (χ1v) is 8.87. The lowest BCUT2D eigenvalue weighted by Crippen LogP contribution is -2.35. The summed E-state index contributed by atoms with van der Waals surface area (Å²) in [6, 6.07) is 18.3. The molecule has 0 saturated heterocycles. The Kier molecular flexibility index (Phi) is 4.48. The molecule has 0 spiro atoms. The van der Waals surface area contributed by atoms with Crippen molar-refractivity contribution in [3.63, 3.8) is 0 Å².